The van der Waals surface area contributed by atoms with Gasteiger partial charge in [-0.2, -0.15) is 0 Å². The quantitative estimate of drug-likeness (QED) is 0.673. The maximum Gasteiger partial charge on any atom is 0.0999 e. The summed E-state index contributed by atoms with van der Waals surface area (Å²) >= 11 is 0. The minimum atomic E-state index is 0.287. The minimum absolute atomic E-state index is 0.287. The molecule has 1 nitrogen and oxygen atoms in total. The Balaban J connectivity index is 1.98. The van der Waals surface area contributed by atoms with Crippen LogP contribution in [0.1, 0.15) is 59.8 Å². The van der Waals surface area contributed by atoms with E-state index in [0.717, 1.165) is 13.0 Å². The van der Waals surface area contributed by atoms with Crippen molar-refractivity contribution in [3.05, 3.63) is 24.0 Å². The van der Waals surface area contributed by atoms with Crippen molar-refractivity contribution in [2.75, 3.05) is 6.61 Å². The molecule has 0 amide bonds. The first kappa shape index (κ1) is 13.7. The summed E-state index contributed by atoms with van der Waals surface area (Å²) in [6.45, 7) is 10.2. The molecule has 0 bridgehead atoms. The van der Waals surface area contributed by atoms with Crippen LogP contribution in [0.5, 0.6) is 0 Å². The van der Waals surface area contributed by atoms with Crippen molar-refractivity contribution in [2.24, 2.45) is 16.7 Å². The van der Waals surface area contributed by atoms with E-state index in [0.29, 0.717) is 11.3 Å². The molecule has 0 heterocycles. The highest BCUT2D eigenvalue weighted by molar-refractivity contribution is 5.18. The SMILES string of the molecule is CCC1(COC2=CC=CCC2C(C)(C)C)CCC1. The molecule has 1 fully saturated rings. The Hall–Kier alpha value is -0.720. The maximum absolute atomic E-state index is 6.23. The topological polar surface area (TPSA) is 9.23 Å². The van der Waals surface area contributed by atoms with Crippen LogP contribution in [0.4, 0.5) is 0 Å². The maximum atomic E-state index is 6.23. The summed E-state index contributed by atoms with van der Waals surface area (Å²) in [5.41, 5.74) is 0.778. The molecule has 1 saturated carbocycles. The molecular weight excluding hydrogens is 220 g/mol. The highest BCUT2D eigenvalue weighted by atomic mass is 16.5. The lowest BCUT2D eigenvalue weighted by molar-refractivity contribution is 0.00312. The summed E-state index contributed by atoms with van der Waals surface area (Å²) < 4.78 is 6.23. The van der Waals surface area contributed by atoms with Gasteiger partial charge in [0.25, 0.3) is 0 Å². The molecule has 0 N–H and O–H groups in total. The zero-order valence-corrected chi connectivity index (χ0v) is 12.5. The Labute approximate surface area is 112 Å². The monoisotopic (exact) mass is 248 g/mol. The van der Waals surface area contributed by atoms with Crippen LogP contribution in [0.3, 0.4) is 0 Å². The molecule has 18 heavy (non-hydrogen) atoms. The van der Waals surface area contributed by atoms with Crippen molar-refractivity contribution in [1.29, 1.82) is 0 Å². The lowest BCUT2D eigenvalue weighted by Gasteiger charge is -2.42. The van der Waals surface area contributed by atoms with Crippen molar-refractivity contribution in [3.8, 4) is 0 Å². The van der Waals surface area contributed by atoms with Crippen LogP contribution in [0.15, 0.2) is 24.0 Å². The van der Waals surface area contributed by atoms with E-state index in [4.69, 9.17) is 4.74 Å². The molecule has 0 aromatic carbocycles. The number of allylic oxidation sites excluding steroid dienone is 4. The van der Waals surface area contributed by atoms with Gasteiger partial charge in [-0.3, -0.25) is 0 Å². The van der Waals surface area contributed by atoms with Crippen molar-refractivity contribution in [1.82, 2.24) is 0 Å². The van der Waals surface area contributed by atoms with Gasteiger partial charge in [-0.15, -0.1) is 0 Å². The molecule has 0 saturated heterocycles. The van der Waals surface area contributed by atoms with Gasteiger partial charge < -0.3 is 4.74 Å². The van der Waals surface area contributed by atoms with Crippen molar-refractivity contribution >= 4 is 0 Å². The lowest BCUT2D eigenvalue weighted by Crippen LogP contribution is -2.35. The fraction of sp³-hybridized carbons (Fsp3) is 0.765. The first-order valence-electron chi connectivity index (χ1n) is 7.46. The number of hydrogen-bond donors (Lipinski definition) is 0. The molecule has 0 spiro atoms. The first-order valence-corrected chi connectivity index (χ1v) is 7.46. The molecule has 2 aliphatic rings. The van der Waals surface area contributed by atoms with Crippen molar-refractivity contribution in [3.63, 3.8) is 0 Å². The fourth-order valence-electron chi connectivity index (χ4n) is 3.05. The van der Waals surface area contributed by atoms with Gasteiger partial charge in [0.15, 0.2) is 0 Å². The number of ether oxygens (including phenoxy) is 1. The second-order valence-electron chi connectivity index (χ2n) is 7.15. The third-order valence-corrected chi connectivity index (χ3v) is 4.87. The average molecular weight is 248 g/mol. The van der Waals surface area contributed by atoms with Gasteiger partial charge in [0.1, 0.15) is 0 Å². The highest BCUT2D eigenvalue weighted by Crippen LogP contribution is 2.45. The predicted molar refractivity (Wildman–Crippen MR) is 77.3 cm³/mol. The third-order valence-electron chi connectivity index (χ3n) is 4.87. The molecule has 2 aliphatic carbocycles. The van der Waals surface area contributed by atoms with E-state index in [-0.39, 0.29) is 5.41 Å². The van der Waals surface area contributed by atoms with Gasteiger partial charge in [-0.25, -0.2) is 0 Å². The average Bonchev–Trinajstić information content (AvgIpc) is 2.27. The summed E-state index contributed by atoms with van der Waals surface area (Å²) in [4.78, 5) is 0. The normalized spacial score (nSPS) is 26.4. The Bertz CT molecular complexity index is 334. The van der Waals surface area contributed by atoms with Crippen LogP contribution in [-0.4, -0.2) is 6.61 Å². The highest BCUT2D eigenvalue weighted by Gasteiger charge is 2.37. The summed E-state index contributed by atoms with van der Waals surface area (Å²) in [5, 5.41) is 0. The van der Waals surface area contributed by atoms with Gasteiger partial charge in [0.05, 0.1) is 12.4 Å². The van der Waals surface area contributed by atoms with Crippen molar-refractivity contribution in [2.45, 2.75) is 59.8 Å². The Morgan fingerprint density at radius 2 is 2.06 bits per heavy atom. The van der Waals surface area contributed by atoms with Gasteiger partial charge in [-0.1, -0.05) is 46.3 Å². The molecule has 102 valence electrons. The molecule has 0 aliphatic heterocycles. The van der Waals surface area contributed by atoms with E-state index in [2.05, 4.69) is 45.9 Å². The zero-order valence-electron chi connectivity index (χ0n) is 12.5. The molecule has 1 atom stereocenters. The summed E-state index contributed by atoms with van der Waals surface area (Å²) in [7, 11) is 0. The Kier molecular flexibility index (Phi) is 3.89. The van der Waals surface area contributed by atoms with E-state index >= 15 is 0 Å². The van der Waals surface area contributed by atoms with Crippen LogP contribution in [0.25, 0.3) is 0 Å². The summed E-state index contributed by atoms with van der Waals surface area (Å²) in [5.74, 6) is 1.75. The summed E-state index contributed by atoms with van der Waals surface area (Å²) in [6.07, 6.45) is 13.1. The Morgan fingerprint density at radius 1 is 1.33 bits per heavy atom. The second kappa shape index (κ2) is 5.11. The van der Waals surface area contributed by atoms with Crippen LogP contribution in [-0.2, 0) is 4.74 Å². The summed E-state index contributed by atoms with van der Waals surface area (Å²) in [6, 6.07) is 0. The van der Waals surface area contributed by atoms with E-state index in [1.54, 1.807) is 0 Å². The van der Waals surface area contributed by atoms with Crippen LogP contribution in [0, 0.1) is 16.7 Å². The molecule has 0 radical (unpaired) electrons. The molecule has 1 unspecified atom stereocenters. The second-order valence-corrected chi connectivity index (χ2v) is 7.15. The largest absolute Gasteiger partial charge is 0.497 e. The number of rotatable bonds is 4. The minimum Gasteiger partial charge on any atom is -0.497 e. The van der Waals surface area contributed by atoms with E-state index in [9.17, 15) is 0 Å². The molecule has 0 aromatic heterocycles. The van der Waals surface area contributed by atoms with Crippen molar-refractivity contribution < 1.29 is 4.74 Å². The van der Waals surface area contributed by atoms with Crippen LogP contribution >= 0.6 is 0 Å². The van der Waals surface area contributed by atoms with E-state index in [1.165, 1.54) is 31.4 Å². The van der Waals surface area contributed by atoms with Gasteiger partial charge in [-0.05, 0) is 37.2 Å². The molecule has 2 rings (SSSR count). The van der Waals surface area contributed by atoms with Gasteiger partial charge in [0, 0.05) is 11.3 Å². The Morgan fingerprint density at radius 3 is 2.56 bits per heavy atom. The first-order chi connectivity index (χ1) is 8.47. The van der Waals surface area contributed by atoms with Gasteiger partial charge in [0.2, 0.25) is 0 Å². The molecule has 0 aromatic rings. The fourth-order valence-corrected chi connectivity index (χ4v) is 3.05. The number of hydrogen-bond acceptors (Lipinski definition) is 1. The molecule has 1 heteroatoms. The van der Waals surface area contributed by atoms with Gasteiger partial charge >= 0.3 is 0 Å². The van der Waals surface area contributed by atoms with Crippen LogP contribution < -0.4 is 0 Å². The van der Waals surface area contributed by atoms with E-state index < -0.39 is 0 Å². The van der Waals surface area contributed by atoms with Crippen LogP contribution in [0.2, 0.25) is 0 Å². The van der Waals surface area contributed by atoms with E-state index in [1.807, 2.05) is 0 Å². The lowest BCUT2D eigenvalue weighted by atomic mass is 9.67. The standard InChI is InChI=1S/C17H28O/c1-5-17(11-8-12-17)13-18-15-10-7-6-9-14(15)16(2,3)4/h6-7,10,14H,5,8-9,11-13H2,1-4H3. The molecular formula is C17H28O. The zero-order chi connectivity index (χ0) is 13.2. The smallest absolute Gasteiger partial charge is 0.0999 e. The third kappa shape index (κ3) is 2.81. The predicted octanol–water partition coefficient (Wildman–Crippen LogP) is 5.09.